The standard InChI is InChI=1S/C20H18F4O3/c1-11(10-27-16-9-8-15(25)19(23)20(16)24)6-7-12(2)13(3)17(21)18(22)14(4)26-5/h6-9,25H,1-4,10H2,5H3/b7-6-,18-17-. The van der Waals surface area contributed by atoms with Crippen LogP contribution < -0.4 is 4.74 Å². The van der Waals surface area contributed by atoms with Crippen LogP contribution in [-0.2, 0) is 4.74 Å². The number of phenols is 1. The SMILES string of the molecule is C=C(/C=C\C(=C)C(=C)/C(F)=C(/F)C(=C)OC)COc1ccc(O)c(F)c1F. The van der Waals surface area contributed by atoms with E-state index >= 15 is 0 Å². The van der Waals surface area contributed by atoms with Crippen molar-refractivity contribution in [1.29, 1.82) is 0 Å². The molecule has 0 spiro atoms. The van der Waals surface area contributed by atoms with E-state index in [-0.39, 0.29) is 17.8 Å². The highest BCUT2D eigenvalue weighted by Gasteiger charge is 2.15. The molecule has 0 aliphatic heterocycles. The molecule has 0 atom stereocenters. The number of halogens is 4. The molecule has 0 aliphatic carbocycles. The first-order valence-corrected chi connectivity index (χ1v) is 7.42. The van der Waals surface area contributed by atoms with Crippen molar-refractivity contribution >= 4 is 0 Å². The minimum Gasteiger partial charge on any atom is -0.505 e. The van der Waals surface area contributed by atoms with E-state index in [1.807, 2.05) is 0 Å². The van der Waals surface area contributed by atoms with Crippen LogP contribution in [-0.4, -0.2) is 18.8 Å². The van der Waals surface area contributed by atoms with Crippen LogP contribution in [0.15, 0.2) is 84.7 Å². The third-order valence-corrected chi connectivity index (χ3v) is 3.30. The third-order valence-electron chi connectivity index (χ3n) is 3.30. The van der Waals surface area contributed by atoms with Gasteiger partial charge in [-0.2, -0.15) is 13.2 Å². The van der Waals surface area contributed by atoms with Crippen molar-refractivity contribution in [3.05, 3.63) is 96.4 Å². The molecule has 1 N–H and O–H groups in total. The van der Waals surface area contributed by atoms with Crippen LogP contribution in [0.2, 0.25) is 0 Å². The summed E-state index contributed by atoms with van der Waals surface area (Å²) in [5, 5.41) is 9.04. The van der Waals surface area contributed by atoms with Crippen LogP contribution in [0.1, 0.15) is 0 Å². The molecule has 0 aliphatic rings. The third kappa shape index (κ3) is 5.64. The van der Waals surface area contributed by atoms with Gasteiger partial charge in [-0.05, 0) is 23.3 Å². The molecule has 1 aromatic rings. The fourth-order valence-electron chi connectivity index (χ4n) is 1.66. The van der Waals surface area contributed by atoms with Gasteiger partial charge in [0.25, 0.3) is 0 Å². The molecule has 0 amide bonds. The first-order valence-electron chi connectivity index (χ1n) is 7.42. The summed E-state index contributed by atoms with van der Waals surface area (Å²) in [6.07, 6.45) is 2.66. The lowest BCUT2D eigenvalue weighted by Crippen LogP contribution is -2.02. The number of benzene rings is 1. The molecule has 0 heterocycles. The van der Waals surface area contributed by atoms with Gasteiger partial charge in [-0.1, -0.05) is 38.5 Å². The summed E-state index contributed by atoms with van der Waals surface area (Å²) in [7, 11) is 1.14. The quantitative estimate of drug-likeness (QED) is 0.344. The van der Waals surface area contributed by atoms with Crippen molar-refractivity contribution in [2.75, 3.05) is 13.7 Å². The Balaban J connectivity index is 2.73. The predicted octanol–water partition coefficient (Wildman–Crippen LogP) is 5.58. The maximum absolute atomic E-state index is 13.9. The Morgan fingerprint density at radius 3 is 2.26 bits per heavy atom. The molecule has 0 fully saturated rings. The van der Waals surface area contributed by atoms with Gasteiger partial charge in [0.1, 0.15) is 12.4 Å². The highest BCUT2D eigenvalue weighted by Crippen LogP contribution is 2.28. The Morgan fingerprint density at radius 1 is 1.04 bits per heavy atom. The van der Waals surface area contributed by atoms with Gasteiger partial charge in [0.15, 0.2) is 17.3 Å². The highest BCUT2D eigenvalue weighted by molar-refractivity contribution is 5.49. The zero-order valence-corrected chi connectivity index (χ0v) is 14.6. The minimum absolute atomic E-state index is 0.0366. The summed E-state index contributed by atoms with van der Waals surface area (Å²) in [6, 6.07) is 1.99. The molecule has 27 heavy (non-hydrogen) atoms. The molecular formula is C20H18F4O3. The van der Waals surface area contributed by atoms with E-state index in [0.717, 1.165) is 19.2 Å². The van der Waals surface area contributed by atoms with Gasteiger partial charge in [0.2, 0.25) is 17.5 Å². The topological polar surface area (TPSA) is 38.7 Å². The molecule has 3 nitrogen and oxygen atoms in total. The van der Waals surface area contributed by atoms with Crippen molar-refractivity contribution in [3.8, 4) is 11.5 Å². The van der Waals surface area contributed by atoms with Gasteiger partial charge in [0.05, 0.1) is 7.11 Å². The number of ether oxygens (including phenoxy) is 2. The number of methoxy groups -OCH3 is 1. The minimum atomic E-state index is -1.43. The molecule has 0 unspecified atom stereocenters. The van der Waals surface area contributed by atoms with Crippen LogP contribution in [0.25, 0.3) is 0 Å². The summed E-state index contributed by atoms with van der Waals surface area (Å²) in [6.45, 7) is 13.5. The van der Waals surface area contributed by atoms with Crippen LogP contribution in [0.3, 0.4) is 0 Å². The Hall–Kier alpha value is -3.22. The van der Waals surface area contributed by atoms with Crippen molar-refractivity contribution in [1.82, 2.24) is 0 Å². The maximum atomic E-state index is 13.9. The highest BCUT2D eigenvalue weighted by atomic mass is 19.2. The number of hydrogen-bond donors (Lipinski definition) is 1. The fraction of sp³-hybridized carbons (Fsp3) is 0.100. The number of allylic oxidation sites excluding steroid dienone is 5. The molecule has 1 aromatic carbocycles. The normalized spacial score (nSPS) is 11.7. The first kappa shape index (κ1) is 21.8. The molecule has 7 heteroatoms. The van der Waals surface area contributed by atoms with Gasteiger partial charge in [-0.3, -0.25) is 0 Å². The second kappa shape index (κ2) is 9.47. The van der Waals surface area contributed by atoms with E-state index in [1.165, 1.54) is 12.2 Å². The van der Waals surface area contributed by atoms with E-state index < -0.39 is 40.5 Å². The van der Waals surface area contributed by atoms with E-state index in [0.29, 0.717) is 5.57 Å². The van der Waals surface area contributed by atoms with E-state index in [2.05, 4.69) is 31.1 Å². The monoisotopic (exact) mass is 382 g/mol. The molecule has 144 valence electrons. The van der Waals surface area contributed by atoms with Crippen LogP contribution in [0, 0.1) is 11.6 Å². The Labute approximate surface area is 154 Å². The van der Waals surface area contributed by atoms with Crippen molar-refractivity contribution in [3.63, 3.8) is 0 Å². The van der Waals surface area contributed by atoms with Gasteiger partial charge >= 0.3 is 0 Å². The summed E-state index contributed by atoms with van der Waals surface area (Å²) in [5.74, 6) is -7.11. The first-order chi connectivity index (χ1) is 12.6. The molecule has 0 aromatic heterocycles. The largest absolute Gasteiger partial charge is 0.505 e. The number of rotatable bonds is 9. The smallest absolute Gasteiger partial charge is 0.204 e. The Kier molecular flexibility index (Phi) is 7.65. The van der Waals surface area contributed by atoms with E-state index in [1.54, 1.807) is 0 Å². The second-order valence-corrected chi connectivity index (χ2v) is 5.25. The number of aromatic hydroxyl groups is 1. The molecule has 0 saturated carbocycles. The summed E-state index contributed by atoms with van der Waals surface area (Å²) in [5.41, 5.74) is -0.000117. The van der Waals surface area contributed by atoms with Crippen molar-refractivity contribution < 1.29 is 32.1 Å². The van der Waals surface area contributed by atoms with E-state index in [4.69, 9.17) is 9.84 Å². The molecule has 0 radical (unpaired) electrons. The Bertz CT molecular complexity index is 851. The van der Waals surface area contributed by atoms with Gasteiger partial charge in [0, 0.05) is 5.57 Å². The van der Waals surface area contributed by atoms with Crippen molar-refractivity contribution in [2.45, 2.75) is 0 Å². The lowest BCUT2D eigenvalue weighted by Gasteiger charge is -2.09. The summed E-state index contributed by atoms with van der Waals surface area (Å²) >= 11 is 0. The molecule has 1 rings (SSSR count). The van der Waals surface area contributed by atoms with Crippen LogP contribution in [0.4, 0.5) is 17.6 Å². The predicted molar refractivity (Wildman–Crippen MR) is 95.5 cm³/mol. The zero-order valence-electron chi connectivity index (χ0n) is 14.6. The molecular weight excluding hydrogens is 364 g/mol. The Morgan fingerprint density at radius 2 is 1.67 bits per heavy atom. The van der Waals surface area contributed by atoms with Gasteiger partial charge < -0.3 is 14.6 Å². The maximum Gasteiger partial charge on any atom is 0.204 e. The lowest BCUT2D eigenvalue weighted by atomic mass is 10.1. The lowest BCUT2D eigenvalue weighted by molar-refractivity contribution is 0.281. The van der Waals surface area contributed by atoms with Crippen LogP contribution >= 0.6 is 0 Å². The number of phenolic OH excluding ortho intramolecular Hbond substituents is 1. The second-order valence-electron chi connectivity index (χ2n) is 5.25. The summed E-state index contributed by atoms with van der Waals surface area (Å²) in [4.78, 5) is 0. The number of hydrogen-bond acceptors (Lipinski definition) is 3. The van der Waals surface area contributed by atoms with E-state index in [9.17, 15) is 17.6 Å². The van der Waals surface area contributed by atoms with Gasteiger partial charge in [-0.25, -0.2) is 4.39 Å². The average Bonchev–Trinajstić information content (AvgIpc) is 2.67. The van der Waals surface area contributed by atoms with Gasteiger partial charge in [-0.15, -0.1) is 0 Å². The molecule has 0 bridgehead atoms. The van der Waals surface area contributed by atoms with Crippen molar-refractivity contribution in [2.24, 2.45) is 0 Å². The average molecular weight is 382 g/mol. The van der Waals surface area contributed by atoms with Crippen LogP contribution in [0.5, 0.6) is 11.5 Å². The summed E-state index contributed by atoms with van der Waals surface area (Å²) < 4.78 is 63.9. The zero-order chi connectivity index (χ0) is 20.7. The molecule has 0 saturated heterocycles. The fourth-order valence-corrected chi connectivity index (χ4v) is 1.66.